The molecule has 7 nitrogen and oxygen atoms in total. The summed E-state index contributed by atoms with van der Waals surface area (Å²) in [5, 5.41) is 18.0. The molecule has 0 spiro atoms. The topological polar surface area (TPSA) is 99.8 Å². The number of nitrogens with zero attached hydrogens (tertiary/aromatic N) is 2. The van der Waals surface area contributed by atoms with Gasteiger partial charge >= 0.3 is 5.97 Å². The van der Waals surface area contributed by atoms with Gasteiger partial charge in [0.1, 0.15) is 10.6 Å². The van der Waals surface area contributed by atoms with E-state index < -0.39 is 16.0 Å². The van der Waals surface area contributed by atoms with Crippen LogP contribution in [0, 0.1) is 0 Å². The molecule has 0 aliphatic rings. The first-order valence-electron chi connectivity index (χ1n) is 6.03. The number of carboxylic acid groups (broad SMARTS) is 1. The fourth-order valence-corrected chi connectivity index (χ4v) is 3.22. The molecule has 1 heterocycles. The zero-order valence-corrected chi connectivity index (χ0v) is 12.0. The standard InChI is InChI=1S/C12H18N2O5S/c1-3-5-14(6-7-15)20(18,19)10-8-11(12(16)17)13(4-2)9-10/h3,8-9,15H,1,4-7H2,2H3,(H,16,17). The molecule has 1 rings (SSSR count). The van der Waals surface area contributed by atoms with Gasteiger partial charge in [-0.25, -0.2) is 13.2 Å². The van der Waals surface area contributed by atoms with Crippen molar-refractivity contribution in [3.05, 3.63) is 30.6 Å². The quantitative estimate of drug-likeness (QED) is 0.676. The molecule has 0 aromatic carbocycles. The van der Waals surface area contributed by atoms with Crippen LogP contribution in [0.25, 0.3) is 0 Å². The molecule has 0 radical (unpaired) electrons. The number of aryl methyl sites for hydroxylation is 1. The fraction of sp³-hybridized carbons (Fsp3) is 0.417. The second-order valence-electron chi connectivity index (χ2n) is 4.03. The highest BCUT2D eigenvalue weighted by Crippen LogP contribution is 2.19. The molecule has 1 aromatic heterocycles. The highest BCUT2D eigenvalue weighted by atomic mass is 32.2. The van der Waals surface area contributed by atoms with Crippen molar-refractivity contribution in [2.75, 3.05) is 19.7 Å². The van der Waals surface area contributed by atoms with Crippen LogP contribution in [0.5, 0.6) is 0 Å². The lowest BCUT2D eigenvalue weighted by atomic mass is 10.4. The van der Waals surface area contributed by atoms with Gasteiger partial charge in [0, 0.05) is 25.8 Å². The van der Waals surface area contributed by atoms with Crippen molar-refractivity contribution in [1.82, 2.24) is 8.87 Å². The third kappa shape index (κ3) is 3.27. The summed E-state index contributed by atoms with van der Waals surface area (Å²) in [7, 11) is -3.85. The highest BCUT2D eigenvalue weighted by molar-refractivity contribution is 7.89. The second-order valence-corrected chi connectivity index (χ2v) is 5.97. The number of aliphatic hydroxyl groups excluding tert-OH is 1. The van der Waals surface area contributed by atoms with Crippen molar-refractivity contribution in [3.63, 3.8) is 0 Å². The lowest BCUT2D eigenvalue weighted by molar-refractivity contribution is 0.0685. The average Bonchev–Trinajstić information content (AvgIpc) is 2.83. The molecule has 0 saturated carbocycles. The normalized spacial score (nSPS) is 11.8. The Bertz CT molecular complexity index is 591. The van der Waals surface area contributed by atoms with Crippen LogP contribution in [0.1, 0.15) is 17.4 Å². The van der Waals surface area contributed by atoms with E-state index in [1.165, 1.54) is 16.8 Å². The van der Waals surface area contributed by atoms with Crippen LogP contribution in [0.15, 0.2) is 29.8 Å². The van der Waals surface area contributed by atoms with E-state index in [1.807, 2.05) is 0 Å². The third-order valence-electron chi connectivity index (χ3n) is 2.75. The van der Waals surface area contributed by atoms with E-state index in [4.69, 9.17) is 10.2 Å². The Morgan fingerprint density at radius 2 is 2.20 bits per heavy atom. The molecule has 0 aliphatic carbocycles. The van der Waals surface area contributed by atoms with Crippen LogP contribution < -0.4 is 0 Å². The molecule has 0 unspecified atom stereocenters. The van der Waals surface area contributed by atoms with E-state index in [2.05, 4.69) is 6.58 Å². The van der Waals surface area contributed by atoms with Crippen molar-refractivity contribution in [2.45, 2.75) is 18.4 Å². The number of aliphatic hydroxyl groups is 1. The molecule has 0 bridgehead atoms. The largest absolute Gasteiger partial charge is 0.477 e. The highest BCUT2D eigenvalue weighted by Gasteiger charge is 2.26. The molecule has 0 aliphatic heterocycles. The van der Waals surface area contributed by atoms with Gasteiger partial charge in [0.2, 0.25) is 10.0 Å². The first-order valence-corrected chi connectivity index (χ1v) is 7.47. The maximum absolute atomic E-state index is 12.4. The van der Waals surface area contributed by atoms with E-state index in [1.54, 1.807) is 6.92 Å². The molecule has 0 amide bonds. The number of aromatic carboxylic acids is 1. The van der Waals surface area contributed by atoms with Gasteiger partial charge in [0.15, 0.2) is 0 Å². The van der Waals surface area contributed by atoms with Gasteiger partial charge in [-0.15, -0.1) is 6.58 Å². The number of hydrogen-bond donors (Lipinski definition) is 2. The van der Waals surface area contributed by atoms with Crippen LogP contribution in [0.3, 0.4) is 0 Å². The van der Waals surface area contributed by atoms with Crippen molar-refractivity contribution < 1.29 is 23.4 Å². The Hall–Kier alpha value is -1.64. The summed E-state index contributed by atoms with van der Waals surface area (Å²) >= 11 is 0. The number of aromatic nitrogens is 1. The van der Waals surface area contributed by atoms with E-state index >= 15 is 0 Å². The lowest BCUT2D eigenvalue weighted by Gasteiger charge is -2.18. The summed E-state index contributed by atoms with van der Waals surface area (Å²) in [5.41, 5.74) is -0.0892. The molecule has 1 aromatic rings. The van der Waals surface area contributed by atoms with E-state index in [-0.39, 0.29) is 30.3 Å². The molecule has 20 heavy (non-hydrogen) atoms. The molecule has 112 valence electrons. The molecule has 8 heteroatoms. The average molecular weight is 302 g/mol. The summed E-state index contributed by atoms with van der Waals surface area (Å²) in [5.74, 6) is -1.19. The minimum Gasteiger partial charge on any atom is -0.477 e. The Morgan fingerprint density at radius 3 is 2.60 bits per heavy atom. The molecule has 0 fully saturated rings. The van der Waals surface area contributed by atoms with Crippen LogP contribution in [0.4, 0.5) is 0 Å². The van der Waals surface area contributed by atoms with Gasteiger partial charge in [-0.1, -0.05) is 6.08 Å². The van der Waals surface area contributed by atoms with Crippen LogP contribution in [-0.4, -0.2) is 53.2 Å². The van der Waals surface area contributed by atoms with Gasteiger partial charge in [0.05, 0.1) is 6.61 Å². The number of carboxylic acids is 1. The van der Waals surface area contributed by atoms with E-state index in [9.17, 15) is 13.2 Å². The van der Waals surface area contributed by atoms with E-state index in [0.29, 0.717) is 6.54 Å². The Balaban J connectivity index is 3.26. The lowest BCUT2D eigenvalue weighted by Crippen LogP contribution is -2.33. The smallest absolute Gasteiger partial charge is 0.352 e. The van der Waals surface area contributed by atoms with Crippen molar-refractivity contribution in [1.29, 1.82) is 0 Å². The molecule has 0 atom stereocenters. The van der Waals surface area contributed by atoms with Crippen molar-refractivity contribution in [2.24, 2.45) is 0 Å². The minimum absolute atomic E-state index is 0.0442. The van der Waals surface area contributed by atoms with Crippen molar-refractivity contribution in [3.8, 4) is 0 Å². The Labute approximate surface area is 117 Å². The van der Waals surface area contributed by atoms with Gasteiger partial charge in [0.25, 0.3) is 0 Å². The Morgan fingerprint density at radius 1 is 1.55 bits per heavy atom. The first-order chi connectivity index (χ1) is 9.38. The zero-order chi connectivity index (χ0) is 15.3. The molecular formula is C12H18N2O5S. The summed E-state index contributed by atoms with van der Waals surface area (Å²) in [6.07, 6.45) is 2.69. The van der Waals surface area contributed by atoms with Gasteiger partial charge in [-0.3, -0.25) is 0 Å². The summed E-state index contributed by atoms with van der Waals surface area (Å²) in [6.45, 7) is 5.18. The zero-order valence-electron chi connectivity index (χ0n) is 11.2. The monoisotopic (exact) mass is 302 g/mol. The summed E-state index contributed by atoms with van der Waals surface area (Å²) in [6, 6.07) is 1.12. The third-order valence-corrected chi connectivity index (χ3v) is 4.58. The number of hydrogen-bond acceptors (Lipinski definition) is 4. The maximum atomic E-state index is 12.4. The van der Waals surface area contributed by atoms with Crippen LogP contribution in [-0.2, 0) is 16.6 Å². The van der Waals surface area contributed by atoms with Crippen molar-refractivity contribution >= 4 is 16.0 Å². The van der Waals surface area contributed by atoms with Gasteiger partial charge in [-0.2, -0.15) is 4.31 Å². The molecule has 0 saturated heterocycles. The predicted molar refractivity (Wildman–Crippen MR) is 73.1 cm³/mol. The summed E-state index contributed by atoms with van der Waals surface area (Å²) in [4.78, 5) is 11.0. The molecular weight excluding hydrogens is 284 g/mol. The SMILES string of the molecule is C=CCN(CCO)S(=O)(=O)c1cc(C(=O)O)n(CC)c1. The van der Waals surface area contributed by atoms with Gasteiger partial charge in [-0.05, 0) is 13.0 Å². The second kappa shape index (κ2) is 6.69. The number of carbonyl (C=O) groups is 1. The number of sulfonamides is 1. The Kier molecular flexibility index (Phi) is 5.49. The van der Waals surface area contributed by atoms with Crippen LogP contribution in [0.2, 0.25) is 0 Å². The van der Waals surface area contributed by atoms with Crippen LogP contribution >= 0.6 is 0 Å². The fourth-order valence-electron chi connectivity index (χ4n) is 1.78. The first kappa shape index (κ1) is 16.4. The number of rotatable bonds is 8. The minimum atomic E-state index is -3.85. The maximum Gasteiger partial charge on any atom is 0.352 e. The molecule has 2 N–H and O–H groups in total. The van der Waals surface area contributed by atoms with E-state index in [0.717, 1.165) is 10.4 Å². The summed E-state index contributed by atoms with van der Waals surface area (Å²) < 4.78 is 27.1. The predicted octanol–water partition coefficient (Wildman–Crippen LogP) is 0.375. The van der Waals surface area contributed by atoms with Gasteiger partial charge < -0.3 is 14.8 Å².